The summed E-state index contributed by atoms with van der Waals surface area (Å²) in [6.45, 7) is 4.05. The predicted molar refractivity (Wildman–Crippen MR) is 85.6 cm³/mol. The van der Waals surface area contributed by atoms with Gasteiger partial charge in [0.15, 0.2) is 0 Å². The van der Waals surface area contributed by atoms with Crippen LogP contribution in [0.3, 0.4) is 0 Å². The summed E-state index contributed by atoms with van der Waals surface area (Å²) in [5.74, 6) is -0.0946. The van der Waals surface area contributed by atoms with Crippen LogP contribution in [0.2, 0.25) is 5.02 Å². The maximum Gasteiger partial charge on any atom is 0.238 e. The molecule has 1 saturated heterocycles. The van der Waals surface area contributed by atoms with Crippen molar-refractivity contribution in [2.75, 3.05) is 37.8 Å². The van der Waals surface area contributed by atoms with Crippen LogP contribution in [0.5, 0.6) is 0 Å². The molecule has 1 aromatic carbocycles. The monoisotopic (exact) mass is 311 g/mol. The van der Waals surface area contributed by atoms with E-state index in [4.69, 9.17) is 22.1 Å². The van der Waals surface area contributed by atoms with E-state index in [-0.39, 0.29) is 11.5 Å². The van der Waals surface area contributed by atoms with Crippen molar-refractivity contribution in [2.45, 2.75) is 25.4 Å². The Balaban J connectivity index is 1.94. The summed E-state index contributed by atoms with van der Waals surface area (Å²) in [7, 11) is 1.72. The fourth-order valence-corrected chi connectivity index (χ4v) is 2.81. The lowest BCUT2D eigenvalue weighted by molar-refractivity contribution is -0.119. The molecule has 21 heavy (non-hydrogen) atoms. The van der Waals surface area contributed by atoms with Gasteiger partial charge < -0.3 is 15.8 Å². The number of nitrogens with two attached hydrogens (primary N) is 1. The Morgan fingerprint density at radius 2 is 2.33 bits per heavy atom. The average Bonchev–Trinajstić information content (AvgIpc) is 2.43. The molecule has 3 N–H and O–H groups in total. The first-order chi connectivity index (χ1) is 9.92. The van der Waals surface area contributed by atoms with Crippen LogP contribution in [-0.2, 0) is 9.53 Å². The number of hydrogen-bond donors (Lipinski definition) is 2. The van der Waals surface area contributed by atoms with Gasteiger partial charge in [0.2, 0.25) is 5.91 Å². The highest BCUT2D eigenvalue weighted by atomic mass is 35.5. The van der Waals surface area contributed by atoms with Crippen molar-refractivity contribution < 1.29 is 9.53 Å². The van der Waals surface area contributed by atoms with Crippen LogP contribution >= 0.6 is 11.6 Å². The smallest absolute Gasteiger partial charge is 0.238 e. The van der Waals surface area contributed by atoms with Crippen LogP contribution in [0, 0.1) is 0 Å². The van der Waals surface area contributed by atoms with E-state index in [2.05, 4.69) is 17.1 Å². The number of nitrogen functional groups attached to an aromatic ring is 1. The lowest BCUT2D eigenvalue weighted by Gasteiger charge is -2.39. The van der Waals surface area contributed by atoms with E-state index >= 15 is 0 Å². The number of methoxy groups -OCH3 is 1. The molecule has 6 heteroatoms. The molecule has 0 aliphatic carbocycles. The van der Waals surface area contributed by atoms with Crippen molar-refractivity contribution >= 4 is 28.9 Å². The Morgan fingerprint density at radius 3 is 3.05 bits per heavy atom. The summed E-state index contributed by atoms with van der Waals surface area (Å²) in [6.07, 6.45) is 2.04. The second-order valence-electron chi connectivity index (χ2n) is 5.76. The van der Waals surface area contributed by atoms with E-state index < -0.39 is 0 Å². The van der Waals surface area contributed by atoms with Gasteiger partial charge in [-0.15, -0.1) is 0 Å². The van der Waals surface area contributed by atoms with Crippen molar-refractivity contribution in [3.05, 3.63) is 23.2 Å². The van der Waals surface area contributed by atoms with Gasteiger partial charge in [0.05, 0.1) is 22.9 Å². The normalized spacial score (nSPS) is 23.0. The summed E-state index contributed by atoms with van der Waals surface area (Å²) in [5, 5.41) is 3.29. The lowest BCUT2D eigenvalue weighted by Crippen LogP contribution is -2.49. The first kappa shape index (κ1) is 16.1. The van der Waals surface area contributed by atoms with Crippen molar-refractivity contribution in [1.29, 1.82) is 0 Å². The number of anilines is 2. The maximum atomic E-state index is 12.2. The number of rotatable bonds is 4. The highest BCUT2D eigenvalue weighted by Gasteiger charge is 2.31. The number of ether oxygens (including phenoxy) is 1. The fourth-order valence-electron chi connectivity index (χ4n) is 2.64. The number of carbonyl (C=O) groups excluding carboxylic acids is 1. The number of amides is 1. The van der Waals surface area contributed by atoms with E-state index in [0.29, 0.717) is 22.9 Å². The second kappa shape index (κ2) is 6.64. The van der Waals surface area contributed by atoms with Gasteiger partial charge in [0, 0.05) is 19.3 Å². The van der Waals surface area contributed by atoms with E-state index in [9.17, 15) is 4.79 Å². The Kier molecular flexibility index (Phi) is 5.08. The zero-order valence-corrected chi connectivity index (χ0v) is 13.2. The number of nitrogens with zero attached hydrogens (tertiary/aromatic N) is 1. The minimum Gasteiger partial charge on any atom is -0.399 e. The molecule has 1 fully saturated rings. The van der Waals surface area contributed by atoms with Gasteiger partial charge in [-0.1, -0.05) is 11.6 Å². The molecule has 1 aliphatic rings. The minimum atomic E-state index is -0.173. The fraction of sp³-hybridized carbons (Fsp3) is 0.533. The molecule has 1 heterocycles. The van der Waals surface area contributed by atoms with Crippen molar-refractivity contribution in [2.24, 2.45) is 0 Å². The van der Waals surface area contributed by atoms with Gasteiger partial charge in [-0.25, -0.2) is 0 Å². The Hall–Kier alpha value is -1.30. The molecule has 0 spiro atoms. The molecule has 116 valence electrons. The number of piperidine rings is 1. The molecule has 1 aliphatic heterocycles. The Bertz CT molecular complexity index is 524. The maximum absolute atomic E-state index is 12.2. The zero-order chi connectivity index (χ0) is 15.5. The van der Waals surface area contributed by atoms with Crippen LogP contribution in [0.1, 0.15) is 19.8 Å². The minimum absolute atomic E-state index is 0.0946. The number of halogens is 1. The third kappa shape index (κ3) is 4.33. The molecule has 0 saturated carbocycles. The van der Waals surface area contributed by atoms with Gasteiger partial charge in [0.1, 0.15) is 0 Å². The third-order valence-corrected chi connectivity index (χ3v) is 4.19. The zero-order valence-electron chi connectivity index (χ0n) is 12.5. The molecule has 1 amide bonds. The summed E-state index contributed by atoms with van der Waals surface area (Å²) in [6, 6.07) is 5.04. The highest BCUT2D eigenvalue weighted by molar-refractivity contribution is 6.33. The van der Waals surface area contributed by atoms with Crippen molar-refractivity contribution in [3.63, 3.8) is 0 Å². The van der Waals surface area contributed by atoms with Gasteiger partial charge in [-0.2, -0.15) is 0 Å². The first-order valence-corrected chi connectivity index (χ1v) is 7.42. The number of nitrogens with one attached hydrogen (secondary N) is 1. The molecule has 0 bridgehead atoms. The topological polar surface area (TPSA) is 67.6 Å². The van der Waals surface area contributed by atoms with E-state index in [1.165, 1.54) is 0 Å². The Labute approximate surface area is 130 Å². The van der Waals surface area contributed by atoms with E-state index in [1.54, 1.807) is 25.3 Å². The molecule has 2 rings (SSSR count). The van der Waals surface area contributed by atoms with Gasteiger partial charge in [-0.3, -0.25) is 9.69 Å². The number of hydrogen-bond acceptors (Lipinski definition) is 4. The summed E-state index contributed by atoms with van der Waals surface area (Å²) in [5.41, 5.74) is 6.65. The van der Waals surface area contributed by atoms with Crippen LogP contribution in [0.4, 0.5) is 11.4 Å². The number of likely N-dealkylation sites (tertiary alicyclic amines) is 1. The summed E-state index contributed by atoms with van der Waals surface area (Å²) >= 11 is 6.05. The average molecular weight is 312 g/mol. The van der Waals surface area contributed by atoms with E-state index in [0.717, 1.165) is 25.9 Å². The quantitative estimate of drug-likeness (QED) is 0.838. The second-order valence-corrected chi connectivity index (χ2v) is 6.16. The first-order valence-electron chi connectivity index (χ1n) is 7.04. The van der Waals surface area contributed by atoms with Crippen molar-refractivity contribution in [1.82, 2.24) is 4.90 Å². The summed E-state index contributed by atoms with van der Waals surface area (Å²) in [4.78, 5) is 14.3. The standard InChI is InChI=1S/C15H22ClN3O2/c1-15(21-2)6-3-7-19(10-15)9-14(20)18-13-8-11(17)4-5-12(13)16/h4-5,8H,3,6-7,9-10,17H2,1-2H3,(H,18,20). The number of carbonyl (C=O) groups is 1. The highest BCUT2D eigenvalue weighted by Crippen LogP contribution is 2.25. The molecular weight excluding hydrogens is 290 g/mol. The molecule has 1 atom stereocenters. The summed E-state index contributed by atoms with van der Waals surface area (Å²) < 4.78 is 5.53. The lowest BCUT2D eigenvalue weighted by atomic mass is 9.95. The third-order valence-electron chi connectivity index (χ3n) is 3.86. The molecule has 1 unspecified atom stereocenters. The van der Waals surface area contributed by atoms with Gasteiger partial charge >= 0.3 is 0 Å². The van der Waals surface area contributed by atoms with Crippen LogP contribution in [0.25, 0.3) is 0 Å². The van der Waals surface area contributed by atoms with E-state index in [1.807, 2.05) is 0 Å². The molecule has 0 aromatic heterocycles. The van der Waals surface area contributed by atoms with Crippen molar-refractivity contribution in [3.8, 4) is 0 Å². The Morgan fingerprint density at radius 1 is 1.57 bits per heavy atom. The van der Waals surface area contributed by atoms with Gasteiger partial charge in [-0.05, 0) is 44.5 Å². The SMILES string of the molecule is COC1(C)CCCN(CC(=O)Nc2cc(N)ccc2Cl)C1. The molecule has 0 radical (unpaired) electrons. The van der Waals surface area contributed by atoms with Gasteiger partial charge in [0.25, 0.3) is 0 Å². The van der Waals surface area contributed by atoms with Crippen LogP contribution in [0.15, 0.2) is 18.2 Å². The largest absolute Gasteiger partial charge is 0.399 e. The van der Waals surface area contributed by atoms with Crippen LogP contribution in [-0.4, -0.2) is 43.2 Å². The molecular formula is C15H22ClN3O2. The number of benzene rings is 1. The molecule has 5 nitrogen and oxygen atoms in total. The van der Waals surface area contributed by atoms with Crippen LogP contribution < -0.4 is 11.1 Å². The predicted octanol–water partition coefficient (Wildman–Crippen LogP) is 2.36. The molecule has 1 aromatic rings.